The number of alkyl halides is 3. The Morgan fingerprint density at radius 2 is 1.61 bits per heavy atom. The van der Waals surface area contributed by atoms with Crippen molar-refractivity contribution in [2.24, 2.45) is 41.4 Å². The molecule has 1 aromatic rings. The number of likely N-dealkylation sites (tertiary alicyclic amines) is 1. The average Bonchev–Trinajstić information content (AvgIpc) is 3.75. The number of hydrazine groups is 1. The SMILES string of the molecule is CC1CCC(C(=O)NC2CCC(CN3CCN(C(=O)C4CCN(CC5CCN(c6cncc(C7CCC(=O)NC7=O)c6)CC5)CC4)CC3)C(C(F)(F)F)C2)CC1C#CC1CNC2CCCNN12. The molecule has 0 radical (unpaired) electrons. The molecule has 17 heteroatoms. The highest BCUT2D eigenvalue weighted by Gasteiger charge is 2.49. The average molecular weight is 935 g/mol. The van der Waals surface area contributed by atoms with Crippen molar-refractivity contribution < 1.29 is 32.3 Å². The van der Waals surface area contributed by atoms with Gasteiger partial charge in [0.05, 0.1) is 35.9 Å². The number of nitrogens with zero attached hydrogens (tertiary/aromatic N) is 6. The predicted molar refractivity (Wildman–Crippen MR) is 248 cm³/mol. The van der Waals surface area contributed by atoms with Gasteiger partial charge >= 0.3 is 6.18 Å². The number of piperidine rings is 3. The van der Waals surface area contributed by atoms with E-state index in [2.05, 4.69) is 64.8 Å². The fourth-order valence-corrected chi connectivity index (χ4v) is 12.7. The predicted octanol–water partition coefficient (Wildman–Crippen LogP) is 4.09. The van der Waals surface area contributed by atoms with Crippen LogP contribution in [0.5, 0.6) is 0 Å². The number of hydrogen-bond donors (Lipinski definition) is 4. The van der Waals surface area contributed by atoms with Crippen LogP contribution in [0.25, 0.3) is 0 Å². The van der Waals surface area contributed by atoms with Crippen molar-refractivity contribution in [2.45, 2.75) is 127 Å². The molecule has 7 heterocycles. The van der Waals surface area contributed by atoms with Gasteiger partial charge in [0.25, 0.3) is 0 Å². The Morgan fingerprint density at radius 3 is 2.37 bits per heavy atom. The van der Waals surface area contributed by atoms with Crippen LogP contribution in [0.2, 0.25) is 0 Å². The molecule has 4 N–H and O–H groups in total. The Morgan fingerprint density at radius 1 is 0.836 bits per heavy atom. The summed E-state index contributed by atoms with van der Waals surface area (Å²) in [4.78, 5) is 64.7. The minimum absolute atomic E-state index is 0.0145. The van der Waals surface area contributed by atoms with Crippen LogP contribution >= 0.6 is 0 Å². The first-order valence-electron chi connectivity index (χ1n) is 25.7. The van der Waals surface area contributed by atoms with Crippen LogP contribution in [-0.4, -0.2) is 151 Å². The Bertz CT molecular complexity index is 1970. The molecular formula is C50H73F3N10O4. The van der Waals surface area contributed by atoms with Gasteiger partial charge in [0, 0.05) is 102 Å². The zero-order chi connectivity index (χ0) is 46.7. The van der Waals surface area contributed by atoms with E-state index in [1.807, 2.05) is 17.2 Å². The quantitative estimate of drug-likeness (QED) is 0.210. The van der Waals surface area contributed by atoms with Crippen molar-refractivity contribution in [3.8, 4) is 11.8 Å². The topological polar surface area (TPSA) is 145 Å². The van der Waals surface area contributed by atoms with Crippen LogP contribution in [-0.2, 0) is 19.2 Å². The number of imide groups is 1. The molecule has 368 valence electrons. The Kier molecular flexibility index (Phi) is 15.4. The van der Waals surface area contributed by atoms with Crippen LogP contribution in [0.4, 0.5) is 18.9 Å². The van der Waals surface area contributed by atoms with Gasteiger partial charge in [0.15, 0.2) is 0 Å². The second-order valence-electron chi connectivity index (χ2n) is 21.3. The molecule has 8 aliphatic rings. The zero-order valence-electron chi connectivity index (χ0n) is 39.4. The Labute approximate surface area is 394 Å². The summed E-state index contributed by atoms with van der Waals surface area (Å²) in [5.41, 5.74) is 5.34. The van der Waals surface area contributed by atoms with Crippen LogP contribution in [0, 0.1) is 53.3 Å². The van der Waals surface area contributed by atoms with Crippen LogP contribution in [0.15, 0.2) is 18.5 Å². The fraction of sp³-hybridized carbons (Fsp3) is 0.780. The molecule has 2 aliphatic carbocycles. The Hall–Kier alpha value is -3.82. The molecule has 2 saturated carbocycles. The monoisotopic (exact) mass is 935 g/mol. The van der Waals surface area contributed by atoms with Gasteiger partial charge in [-0.3, -0.25) is 45.1 Å². The summed E-state index contributed by atoms with van der Waals surface area (Å²) in [6.07, 6.45) is 9.57. The number of hydrogen-bond acceptors (Lipinski definition) is 11. The van der Waals surface area contributed by atoms with Gasteiger partial charge in [-0.2, -0.15) is 13.2 Å². The molecule has 8 fully saturated rings. The van der Waals surface area contributed by atoms with Gasteiger partial charge in [0.2, 0.25) is 23.6 Å². The first-order chi connectivity index (χ1) is 32.3. The fourth-order valence-electron chi connectivity index (χ4n) is 12.7. The highest BCUT2D eigenvalue weighted by Crippen LogP contribution is 2.43. The van der Waals surface area contributed by atoms with E-state index in [0.29, 0.717) is 82.8 Å². The molecule has 9 rings (SSSR count). The van der Waals surface area contributed by atoms with E-state index in [9.17, 15) is 32.3 Å². The number of carbonyl (C=O) groups excluding carboxylic acids is 4. The van der Waals surface area contributed by atoms with Crippen molar-refractivity contribution in [3.05, 3.63) is 24.0 Å². The van der Waals surface area contributed by atoms with E-state index in [1.165, 1.54) is 0 Å². The third-order valence-corrected chi connectivity index (χ3v) is 16.9. The summed E-state index contributed by atoms with van der Waals surface area (Å²) in [5, 5.41) is 11.3. The number of halogens is 3. The lowest BCUT2D eigenvalue weighted by molar-refractivity contribution is -0.200. The third-order valence-electron chi connectivity index (χ3n) is 16.9. The summed E-state index contributed by atoms with van der Waals surface area (Å²) in [5.74, 6) is 5.05. The van der Waals surface area contributed by atoms with Crippen molar-refractivity contribution in [1.29, 1.82) is 0 Å². The minimum Gasteiger partial charge on any atom is -0.370 e. The van der Waals surface area contributed by atoms with Gasteiger partial charge in [-0.1, -0.05) is 18.8 Å². The van der Waals surface area contributed by atoms with Gasteiger partial charge in [-0.25, -0.2) is 5.01 Å². The van der Waals surface area contributed by atoms with Gasteiger partial charge in [-0.15, -0.1) is 0 Å². The molecule has 1 aromatic heterocycles. The number of fused-ring (bicyclic) bond motifs is 1. The minimum atomic E-state index is -4.35. The van der Waals surface area contributed by atoms with E-state index < -0.39 is 24.1 Å². The number of pyridine rings is 1. The summed E-state index contributed by atoms with van der Waals surface area (Å²) in [7, 11) is 0. The first kappa shape index (κ1) is 48.2. The van der Waals surface area contributed by atoms with Gasteiger partial charge in [-0.05, 0) is 126 Å². The molecule has 0 aromatic carbocycles. The van der Waals surface area contributed by atoms with Gasteiger partial charge in [0.1, 0.15) is 0 Å². The van der Waals surface area contributed by atoms with E-state index >= 15 is 0 Å². The molecule has 9 unspecified atom stereocenters. The van der Waals surface area contributed by atoms with E-state index in [-0.39, 0.29) is 59.8 Å². The maximum atomic E-state index is 14.7. The maximum absolute atomic E-state index is 14.7. The van der Waals surface area contributed by atoms with E-state index in [4.69, 9.17) is 0 Å². The molecular weight excluding hydrogens is 862 g/mol. The van der Waals surface area contributed by atoms with Crippen molar-refractivity contribution >= 4 is 29.3 Å². The molecule has 4 amide bonds. The summed E-state index contributed by atoms with van der Waals surface area (Å²) >= 11 is 0. The highest BCUT2D eigenvalue weighted by molar-refractivity contribution is 6.01. The Balaban J connectivity index is 0.676. The first-order valence-corrected chi connectivity index (χ1v) is 25.7. The molecule has 6 saturated heterocycles. The van der Waals surface area contributed by atoms with Crippen LogP contribution in [0.1, 0.15) is 108 Å². The number of piperazine rings is 1. The van der Waals surface area contributed by atoms with Crippen molar-refractivity contribution in [3.63, 3.8) is 0 Å². The molecule has 67 heavy (non-hydrogen) atoms. The normalized spacial score (nSPS) is 33.4. The smallest absolute Gasteiger partial charge is 0.370 e. The summed E-state index contributed by atoms with van der Waals surface area (Å²) < 4.78 is 44.0. The molecule has 14 nitrogen and oxygen atoms in total. The van der Waals surface area contributed by atoms with Crippen LogP contribution in [0.3, 0.4) is 0 Å². The number of rotatable bonds is 9. The third kappa shape index (κ3) is 11.8. The lowest BCUT2D eigenvalue weighted by atomic mass is 9.73. The number of anilines is 1. The van der Waals surface area contributed by atoms with Crippen LogP contribution < -0.4 is 26.3 Å². The van der Waals surface area contributed by atoms with E-state index in [0.717, 1.165) is 108 Å². The largest absolute Gasteiger partial charge is 0.392 e. The second kappa shape index (κ2) is 21.4. The number of carbonyl (C=O) groups is 4. The lowest BCUT2D eigenvalue weighted by Gasteiger charge is -2.43. The lowest BCUT2D eigenvalue weighted by Crippen LogP contribution is -2.54. The number of amides is 4. The summed E-state index contributed by atoms with van der Waals surface area (Å²) in [6, 6.07) is 1.66. The van der Waals surface area contributed by atoms with Crippen molar-refractivity contribution in [1.82, 2.24) is 46.1 Å². The molecule has 0 bridgehead atoms. The molecule has 0 spiro atoms. The number of nitrogens with one attached hydrogen (secondary N) is 4. The van der Waals surface area contributed by atoms with Gasteiger partial charge < -0.3 is 20.0 Å². The number of aromatic nitrogens is 1. The van der Waals surface area contributed by atoms with Crippen molar-refractivity contribution in [2.75, 3.05) is 83.4 Å². The summed E-state index contributed by atoms with van der Waals surface area (Å²) in [6.45, 7) is 11.2. The van der Waals surface area contributed by atoms with E-state index in [1.54, 1.807) is 6.20 Å². The highest BCUT2D eigenvalue weighted by atomic mass is 19.4. The zero-order valence-corrected chi connectivity index (χ0v) is 39.4. The second-order valence-corrected chi connectivity index (χ2v) is 21.3. The maximum Gasteiger partial charge on any atom is 0.392 e. The molecule has 6 aliphatic heterocycles. The standard InChI is InChI=1S/C50H73F3N10O4/c1-33-4-5-37(25-36(33)7-9-41-30-55-45-3-2-16-56-63(41)45)47(65)57-40-8-6-38(44(27-40)50(51,52)53)32-60-21-23-62(24-22-60)49(67)35-14-17-59(18-15-35)31-34-12-19-61(20-13-34)42-26-39(28-54-29-42)43-10-11-46(64)58-48(43)66/h26,28-29,33-38,40-41,43-45,55-56H,2-6,8,10-25,27,30-32H2,1H3,(H,57,65)(H,58,64,66). The molecule has 9 atom stereocenters.